The number of hydrogen-bond donors (Lipinski definition) is 0. The molecule has 2 aromatic rings. The highest BCUT2D eigenvalue weighted by atomic mass is 19.4. The first-order valence-corrected chi connectivity index (χ1v) is 5.36. The molecule has 0 atom stereocenters. The lowest BCUT2D eigenvalue weighted by molar-refractivity contribution is -0.137. The number of fused-ring (bicyclic) bond motifs is 1. The first-order chi connectivity index (χ1) is 7.88. The quantitative estimate of drug-likeness (QED) is 0.719. The summed E-state index contributed by atoms with van der Waals surface area (Å²) in [6, 6.07) is 7.08. The molecule has 0 saturated heterocycles. The van der Waals surface area contributed by atoms with Gasteiger partial charge in [-0.2, -0.15) is 13.2 Å². The van der Waals surface area contributed by atoms with E-state index in [0.29, 0.717) is 10.9 Å². The summed E-state index contributed by atoms with van der Waals surface area (Å²) >= 11 is 0. The van der Waals surface area contributed by atoms with Crippen molar-refractivity contribution >= 4 is 10.9 Å². The molecule has 0 bridgehead atoms. The van der Waals surface area contributed by atoms with Gasteiger partial charge in [0.1, 0.15) is 0 Å². The molecule has 0 N–H and O–H groups in total. The molecule has 0 saturated carbocycles. The van der Waals surface area contributed by atoms with Gasteiger partial charge in [0.05, 0.1) is 11.1 Å². The molecule has 0 amide bonds. The highest BCUT2D eigenvalue weighted by Crippen LogP contribution is 2.31. The Morgan fingerprint density at radius 3 is 2.35 bits per heavy atom. The van der Waals surface area contributed by atoms with E-state index in [1.165, 1.54) is 6.07 Å². The summed E-state index contributed by atoms with van der Waals surface area (Å²) in [5.74, 6) is 0.265. The monoisotopic (exact) mass is 239 g/mol. The Hall–Kier alpha value is -1.58. The highest BCUT2D eigenvalue weighted by Gasteiger charge is 2.30. The lowest BCUT2D eigenvalue weighted by Gasteiger charge is -2.09. The minimum absolute atomic E-state index is 0.265. The van der Waals surface area contributed by atoms with E-state index in [-0.39, 0.29) is 5.92 Å². The number of rotatable bonds is 1. The zero-order chi connectivity index (χ0) is 12.6. The summed E-state index contributed by atoms with van der Waals surface area (Å²) in [4.78, 5) is 4.33. The maximum atomic E-state index is 12.5. The average molecular weight is 239 g/mol. The van der Waals surface area contributed by atoms with Crippen molar-refractivity contribution in [3.63, 3.8) is 0 Å². The molecule has 0 radical (unpaired) electrons. The molecule has 0 spiro atoms. The zero-order valence-corrected chi connectivity index (χ0v) is 9.55. The van der Waals surface area contributed by atoms with Crippen LogP contribution in [0.4, 0.5) is 13.2 Å². The third-order valence-corrected chi connectivity index (χ3v) is 2.63. The SMILES string of the molecule is CC(C)c1ccc2cc(C(F)(F)F)ccc2n1. The fourth-order valence-corrected chi connectivity index (χ4v) is 1.64. The van der Waals surface area contributed by atoms with Gasteiger partial charge in [-0.05, 0) is 30.2 Å². The van der Waals surface area contributed by atoms with E-state index < -0.39 is 11.7 Å². The van der Waals surface area contributed by atoms with Crippen LogP contribution < -0.4 is 0 Å². The second kappa shape index (κ2) is 4.02. The van der Waals surface area contributed by atoms with Crippen LogP contribution in [0.1, 0.15) is 31.0 Å². The van der Waals surface area contributed by atoms with E-state index in [1.54, 1.807) is 12.1 Å². The van der Waals surface area contributed by atoms with E-state index in [9.17, 15) is 13.2 Å². The predicted molar refractivity (Wildman–Crippen MR) is 60.8 cm³/mol. The highest BCUT2D eigenvalue weighted by molar-refractivity contribution is 5.79. The molecule has 0 aliphatic carbocycles. The minimum Gasteiger partial charge on any atom is -0.253 e. The molecule has 0 unspecified atom stereocenters. The number of halogens is 3. The van der Waals surface area contributed by atoms with Crippen molar-refractivity contribution in [2.45, 2.75) is 25.9 Å². The molecule has 2 rings (SSSR count). The Labute approximate surface area is 97.3 Å². The standard InChI is InChI=1S/C13H12F3N/c1-8(2)11-5-3-9-7-10(13(14,15)16)4-6-12(9)17-11/h3-8H,1-2H3. The summed E-state index contributed by atoms with van der Waals surface area (Å²) in [5, 5.41) is 0.518. The van der Waals surface area contributed by atoms with Crippen LogP contribution >= 0.6 is 0 Å². The largest absolute Gasteiger partial charge is 0.416 e. The van der Waals surface area contributed by atoms with Gasteiger partial charge in [-0.3, -0.25) is 4.98 Å². The second-order valence-electron chi connectivity index (χ2n) is 4.30. The van der Waals surface area contributed by atoms with Gasteiger partial charge < -0.3 is 0 Å². The zero-order valence-electron chi connectivity index (χ0n) is 9.55. The molecule has 17 heavy (non-hydrogen) atoms. The van der Waals surface area contributed by atoms with Crippen molar-refractivity contribution in [2.75, 3.05) is 0 Å². The third-order valence-electron chi connectivity index (χ3n) is 2.63. The van der Waals surface area contributed by atoms with Crippen LogP contribution in [0, 0.1) is 0 Å². The van der Waals surface area contributed by atoms with Crippen molar-refractivity contribution in [1.82, 2.24) is 4.98 Å². The Morgan fingerprint density at radius 1 is 1.06 bits per heavy atom. The van der Waals surface area contributed by atoms with Crippen LogP contribution in [0.15, 0.2) is 30.3 Å². The Kier molecular flexibility index (Phi) is 2.81. The van der Waals surface area contributed by atoms with Crippen molar-refractivity contribution in [3.05, 3.63) is 41.6 Å². The van der Waals surface area contributed by atoms with E-state index in [0.717, 1.165) is 17.8 Å². The van der Waals surface area contributed by atoms with Crippen molar-refractivity contribution < 1.29 is 13.2 Å². The third kappa shape index (κ3) is 2.40. The van der Waals surface area contributed by atoms with Crippen LogP contribution in [0.3, 0.4) is 0 Å². The topological polar surface area (TPSA) is 12.9 Å². The van der Waals surface area contributed by atoms with Crippen LogP contribution in [0.2, 0.25) is 0 Å². The number of aromatic nitrogens is 1. The van der Waals surface area contributed by atoms with E-state index >= 15 is 0 Å². The summed E-state index contributed by atoms with van der Waals surface area (Å²) < 4.78 is 37.5. The fourth-order valence-electron chi connectivity index (χ4n) is 1.64. The van der Waals surface area contributed by atoms with Gasteiger partial charge in [0.25, 0.3) is 0 Å². The van der Waals surface area contributed by atoms with Crippen LogP contribution in [-0.4, -0.2) is 4.98 Å². The molecular weight excluding hydrogens is 227 g/mol. The molecule has 1 aromatic carbocycles. The predicted octanol–water partition coefficient (Wildman–Crippen LogP) is 4.38. The number of benzene rings is 1. The Morgan fingerprint density at radius 2 is 1.76 bits per heavy atom. The molecule has 0 aliphatic rings. The lowest BCUT2D eigenvalue weighted by Crippen LogP contribution is -2.04. The lowest BCUT2D eigenvalue weighted by atomic mass is 10.1. The van der Waals surface area contributed by atoms with Gasteiger partial charge in [-0.25, -0.2) is 0 Å². The maximum absolute atomic E-state index is 12.5. The number of nitrogens with zero attached hydrogens (tertiary/aromatic N) is 1. The Bertz CT molecular complexity index is 544. The van der Waals surface area contributed by atoms with Crippen LogP contribution in [0.5, 0.6) is 0 Å². The van der Waals surface area contributed by atoms with Gasteiger partial charge in [-0.15, -0.1) is 0 Å². The summed E-state index contributed by atoms with van der Waals surface area (Å²) in [5.41, 5.74) is 0.852. The van der Waals surface area contributed by atoms with Gasteiger partial charge in [0.2, 0.25) is 0 Å². The van der Waals surface area contributed by atoms with E-state index in [1.807, 2.05) is 13.8 Å². The number of pyridine rings is 1. The molecule has 0 fully saturated rings. The summed E-state index contributed by atoms with van der Waals surface area (Å²) in [7, 11) is 0. The minimum atomic E-state index is -4.30. The van der Waals surface area contributed by atoms with Gasteiger partial charge >= 0.3 is 6.18 Å². The van der Waals surface area contributed by atoms with E-state index in [2.05, 4.69) is 4.98 Å². The second-order valence-corrected chi connectivity index (χ2v) is 4.30. The molecule has 1 aromatic heterocycles. The van der Waals surface area contributed by atoms with Crippen molar-refractivity contribution in [1.29, 1.82) is 0 Å². The van der Waals surface area contributed by atoms with Crippen molar-refractivity contribution in [2.24, 2.45) is 0 Å². The first kappa shape index (κ1) is 11.9. The summed E-state index contributed by atoms with van der Waals surface area (Å²) in [6.07, 6.45) is -4.30. The first-order valence-electron chi connectivity index (χ1n) is 5.36. The average Bonchev–Trinajstić information content (AvgIpc) is 2.26. The molecule has 90 valence electrons. The van der Waals surface area contributed by atoms with Gasteiger partial charge in [0, 0.05) is 11.1 Å². The van der Waals surface area contributed by atoms with Gasteiger partial charge in [0.15, 0.2) is 0 Å². The fraction of sp³-hybridized carbons (Fsp3) is 0.308. The molecule has 1 nitrogen and oxygen atoms in total. The maximum Gasteiger partial charge on any atom is 0.416 e. The van der Waals surface area contributed by atoms with Crippen LogP contribution in [-0.2, 0) is 6.18 Å². The smallest absolute Gasteiger partial charge is 0.253 e. The van der Waals surface area contributed by atoms with Crippen LogP contribution in [0.25, 0.3) is 10.9 Å². The van der Waals surface area contributed by atoms with E-state index in [4.69, 9.17) is 0 Å². The molecule has 4 heteroatoms. The van der Waals surface area contributed by atoms with Gasteiger partial charge in [-0.1, -0.05) is 19.9 Å². The normalized spacial score (nSPS) is 12.4. The molecular formula is C13H12F3N. The summed E-state index contributed by atoms with van der Waals surface area (Å²) in [6.45, 7) is 4.00. The van der Waals surface area contributed by atoms with Crippen molar-refractivity contribution in [3.8, 4) is 0 Å². The molecule has 0 aliphatic heterocycles. The number of hydrogen-bond acceptors (Lipinski definition) is 1. The molecule has 1 heterocycles. The number of alkyl halides is 3. The Balaban J connectivity index is 2.54.